The van der Waals surface area contributed by atoms with Crippen LogP contribution in [0.3, 0.4) is 0 Å². The van der Waals surface area contributed by atoms with E-state index < -0.39 is 0 Å². The van der Waals surface area contributed by atoms with Gasteiger partial charge in [0.05, 0.1) is 11.8 Å². The van der Waals surface area contributed by atoms with Gasteiger partial charge >= 0.3 is 0 Å². The van der Waals surface area contributed by atoms with Crippen LogP contribution in [0.15, 0.2) is 6.07 Å². The van der Waals surface area contributed by atoms with Crippen LogP contribution in [-0.2, 0) is 22.4 Å². The third kappa shape index (κ3) is 1.47. The van der Waals surface area contributed by atoms with E-state index in [2.05, 4.69) is 10.3 Å². The summed E-state index contributed by atoms with van der Waals surface area (Å²) < 4.78 is 0. The molecule has 0 radical (unpaired) electrons. The van der Waals surface area contributed by atoms with Crippen LogP contribution in [0.2, 0.25) is 0 Å². The van der Waals surface area contributed by atoms with Gasteiger partial charge in [0.1, 0.15) is 0 Å². The first-order valence-corrected chi connectivity index (χ1v) is 5.87. The number of carbonyl (C=O) groups excluding carboxylic acids is 2. The normalized spacial score (nSPS) is 26.5. The summed E-state index contributed by atoms with van der Waals surface area (Å²) in [4.78, 5) is 27.7. The molecular weight excluding hydrogens is 216 g/mol. The van der Waals surface area contributed by atoms with Crippen LogP contribution in [0.1, 0.15) is 22.5 Å². The van der Waals surface area contributed by atoms with E-state index in [4.69, 9.17) is 0 Å². The molecule has 1 aliphatic carbocycles. The minimum absolute atomic E-state index is 0.113. The lowest BCUT2D eigenvalue weighted by molar-refractivity contribution is -0.126. The maximum absolute atomic E-state index is 11.7. The lowest BCUT2D eigenvalue weighted by Gasteiger charge is -2.25. The monoisotopic (exact) mass is 230 g/mol. The summed E-state index contributed by atoms with van der Waals surface area (Å²) in [7, 11) is 0. The van der Waals surface area contributed by atoms with Crippen molar-refractivity contribution in [3.8, 4) is 0 Å². The van der Waals surface area contributed by atoms with Crippen molar-refractivity contribution in [3.63, 3.8) is 0 Å². The van der Waals surface area contributed by atoms with Crippen LogP contribution >= 0.6 is 0 Å². The number of pyridine rings is 1. The van der Waals surface area contributed by atoms with Gasteiger partial charge in [-0.15, -0.1) is 0 Å². The summed E-state index contributed by atoms with van der Waals surface area (Å²) in [5.74, 6) is -0.585. The fraction of sp³-hybridized carbons (Fsp3) is 0.462. The molecule has 1 aromatic heterocycles. The Hall–Kier alpha value is -1.71. The molecule has 0 bridgehead atoms. The number of aryl methyl sites for hydroxylation is 2. The van der Waals surface area contributed by atoms with Gasteiger partial charge in [-0.05, 0) is 43.9 Å². The minimum atomic E-state index is -0.182. The molecule has 88 valence electrons. The third-order valence-electron chi connectivity index (χ3n) is 3.82. The van der Waals surface area contributed by atoms with E-state index in [9.17, 15) is 9.59 Å². The molecule has 0 spiro atoms. The molecule has 1 fully saturated rings. The quantitative estimate of drug-likeness (QED) is 0.667. The molecule has 2 atom stereocenters. The Kier molecular flexibility index (Phi) is 2.08. The van der Waals surface area contributed by atoms with Crippen molar-refractivity contribution >= 4 is 11.8 Å². The maximum Gasteiger partial charge on any atom is 0.230 e. The minimum Gasteiger partial charge on any atom is -0.296 e. The molecule has 2 heterocycles. The molecule has 2 aliphatic rings. The third-order valence-corrected chi connectivity index (χ3v) is 3.82. The molecule has 17 heavy (non-hydrogen) atoms. The lowest BCUT2D eigenvalue weighted by atomic mass is 9.77. The second kappa shape index (κ2) is 3.39. The first kappa shape index (κ1) is 10.4. The van der Waals surface area contributed by atoms with Crippen LogP contribution < -0.4 is 5.32 Å². The van der Waals surface area contributed by atoms with Crippen molar-refractivity contribution in [3.05, 3.63) is 28.6 Å². The molecule has 2 unspecified atom stereocenters. The van der Waals surface area contributed by atoms with Gasteiger partial charge in [-0.2, -0.15) is 0 Å². The van der Waals surface area contributed by atoms with Crippen molar-refractivity contribution in [2.24, 2.45) is 11.8 Å². The van der Waals surface area contributed by atoms with Gasteiger partial charge in [-0.3, -0.25) is 19.9 Å². The number of amides is 2. The van der Waals surface area contributed by atoms with Crippen molar-refractivity contribution in [2.75, 3.05) is 0 Å². The Morgan fingerprint density at radius 2 is 1.82 bits per heavy atom. The largest absolute Gasteiger partial charge is 0.296 e. The molecule has 1 aromatic rings. The van der Waals surface area contributed by atoms with E-state index in [-0.39, 0.29) is 23.7 Å². The number of carbonyl (C=O) groups is 2. The average Bonchev–Trinajstić information content (AvgIpc) is 2.52. The number of fused-ring (bicyclic) bond motifs is 2. The van der Waals surface area contributed by atoms with Gasteiger partial charge in [-0.1, -0.05) is 0 Å². The number of imide groups is 1. The van der Waals surface area contributed by atoms with Gasteiger partial charge in [0.25, 0.3) is 0 Å². The summed E-state index contributed by atoms with van der Waals surface area (Å²) in [6, 6.07) is 2.04. The zero-order chi connectivity index (χ0) is 12.2. The van der Waals surface area contributed by atoms with Gasteiger partial charge in [0.2, 0.25) is 11.8 Å². The Bertz CT molecular complexity index is 536. The zero-order valence-corrected chi connectivity index (χ0v) is 9.91. The second-order valence-corrected chi connectivity index (χ2v) is 4.96. The zero-order valence-electron chi connectivity index (χ0n) is 9.91. The van der Waals surface area contributed by atoms with Gasteiger partial charge in [0, 0.05) is 11.4 Å². The smallest absolute Gasteiger partial charge is 0.230 e. The highest BCUT2D eigenvalue weighted by atomic mass is 16.2. The highest BCUT2D eigenvalue weighted by molar-refractivity contribution is 6.05. The SMILES string of the molecule is Cc1cc2c(c(C)n1)CC1C(=O)NC(=O)C1C2. The lowest BCUT2D eigenvalue weighted by Crippen LogP contribution is -2.28. The fourth-order valence-electron chi connectivity index (χ4n) is 3.00. The van der Waals surface area contributed by atoms with Crippen LogP contribution in [-0.4, -0.2) is 16.8 Å². The topological polar surface area (TPSA) is 59.1 Å². The number of nitrogens with one attached hydrogen (secondary N) is 1. The number of hydrogen-bond donors (Lipinski definition) is 1. The highest BCUT2D eigenvalue weighted by Gasteiger charge is 2.44. The maximum atomic E-state index is 11.7. The molecule has 1 N–H and O–H groups in total. The molecule has 0 saturated carbocycles. The van der Waals surface area contributed by atoms with Crippen LogP contribution in [0.25, 0.3) is 0 Å². The summed E-state index contributed by atoms with van der Waals surface area (Å²) in [6.45, 7) is 3.93. The number of rotatable bonds is 0. The van der Waals surface area contributed by atoms with Crippen LogP contribution in [0.5, 0.6) is 0 Å². The average molecular weight is 230 g/mol. The molecule has 2 amide bonds. The van der Waals surface area contributed by atoms with Crippen molar-refractivity contribution in [2.45, 2.75) is 26.7 Å². The first-order chi connectivity index (χ1) is 8.06. The standard InChI is InChI=1S/C13H14N2O2/c1-6-3-8-4-10-11(13(17)15-12(10)16)5-9(8)7(2)14-6/h3,10-11H,4-5H2,1-2H3,(H,15,16,17). The van der Waals surface area contributed by atoms with Crippen LogP contribution in [0.4, 0.5) is 0 Å². The molecule has 4 heteroatoms. The van der Waals surface area contributed by atoms with E-state index in [1.165, 1.54) is 5.56 Å². The molecule has 1 aliphatic heterocycles. The molecule has 3 rings (SSSR count). The van der Waals surface area contributed by atoms with Crippen LogP contribution in [0, 0.1) is 25.7 Å². The molecule has 4 nitrogen and oxygen atoms in total. The summed E-state index contributed by atoms with van der Waals surface area (Å²) in [5, 5.41) is 2.43. The van der Waals surface area contributed by atoms with E-state index >= 15 is 0 Å². The van der Waals surface area contributed by atoms with E-state index in [1.54, 1.807) is 0 Å². The predicted molar refractivity (Wildman–Crippen MR) is 61.2 cm³/mol. The Balaban J connectivity index is 2.08. The highest BCUT2D eigenvalue weighted by Crippen LogP contribution is 2.35. The fourth-order valence-corrected chi connectivity index (χ4v) is 3.00. The second-order valence-electron chi connectivity index (χ2n) is 4.96. The van der Waals surface area contributed by atoms with Crippen molar-refractivity contribution in [1.82, 2.24) is 10.3 Å². The number of hydrogen-bond acceptors (Lipinski definition) is 3. The van der Waals surface area contributed by atoms with E-state index in [0.29, 0.717) is 12.8 Å². The number of aromatic nitrogens is 1. The summed E-state index contributed by atoms with van der Waals surface area (Å²) >= 11 is 0. The van der Waals surface area contributed by atoms with Gasteiger partial charge in [0.15, 0.2) is 0 Å². The molecular formula is C13H14N2O2. The summed E-state index contributed by atoms with van der Waals surface area (Å²) in [5.41, 5.74) is 4.30. The van der Waals surface area contributed by atoms with Crippen molar-refractivity contribution in [1.29, 1.82) is 0 Å². The Morgan fingerprint density at radius 1 is 1.18 bits per heavy atom. The Morgan fingerprint density at radius 3 is 2.53 bits per heavy atom. The predicted octanol–water partition coefficient (Wildman–Crippen LogP) is 0.686. The number of nitrogens with zero attached hydrogens (tertiary/aromatic N) is 1. The van der Waals surface area contributed by atoms with Gasteiger partial charge in [-0.25, -0.2) is 0 Å². The van der Waals surface area contributed by atoms with E-state index in [0.717, 1.165) is 17.0 Å². The Labute approximate surface area is 99.4 Å². The molecule has 1 saturated heterocycles. The van der Waals surface area contributed by atoms with Crippen molar-refractivity contribution < 1.29 is 9.59 Å². The van der Waals surface area contributed by atoms with E-state index in [1.807, 2.05) is 19.9 Å². The van der Waals surface area contributed by atoms with Gasteiger partial charge < -0.3 is 0 Å². The first-order valence-electron chi connectivity index (χ1n) is 5.87. The molecule has 0 aromatic carbocycles. The summed E-state index contributed by atoms with van der Waals surface area (Å²) in [6.07, 6.45) is 1.32.